The Labute approximate surface area is 106 Å². The summed E-state index contributed by atoms with van der Waals surface area (Å²) in [6, 6.07) is 0.0458. The van der Waals surface area contributed by atoms with Crippen molar-refractivity contribution < 1.29 is 14.4 Å². The highest BCUT2D eigenvalue weighted by Crippen LogP contribution is 2.40. The van der Waals surface area contributed by atoms with Gasteiger partial charge < -0.3 is 14.9 Å². The minimum absolute atomic E-state index is 0.0455. The van der Waals surface area contributed by atoms with Gasteiger partial charge >= 0.3 is 0 Å². The lowest BCUT2D eigenvalue weighted by atomic mass is 9.64. The van der Waals surface area contributed by atoms with E-state index in [1.54, 1.807) is 6.92 Å². The van der Waals surface area contributed by atoms with Gasteiger partial charge in [0.2, 0.25) is 11.8 Å². The van der Waals surface area contributed by atoms with Gasteiger partial charge in [0.1, 0.15) is 0 Å². The van der Waals surface area contributed by atoms with Crippen molar-refractivity contribution in [1.82, 2.24) is 15.5 Å². The molecule has 6 nitrogen and oxygen atoms in total. The van der Waals surface area contributed by atoms with Gasteiger partial charge in [0, 0.05) is 24.3 Å². The Morgan fingerprint density at radius 3 is 2.83 bits per heavy atom. The number of hydrogen-bond donors (Lipinski definition) is 2. The highest BCUT2D eigenvalue weighted by Gasteiger charge is 2.47. The number of hydrogen-bond acceptors (Lipinski definition) is 5. The van der Waals surface area contributed by atoms with Crippen LogP contribution in [-0.4, -0.2) is 33.3 Å². The molecule has 1 aromatic rings. The molecule has 0 bridgehead atoms. The Hall–Kier alpha value is -1.43. The second-order valence-electron chi connectivity index (χ2n) is 5.43. The van der Waals surface area contributed by atoms with Gasteiger partial charge in [0.05, 0.1) is 6.10 Å². The van der Waals surface area contributed by atoms with Crippen LogP contribution < -0.4 is 5.32 Å². The molecule has 6 heteroatoms. The summed E-state index contributed by atoms with van der Waals surface area (Å²) in [4.78, 5) is 15.8. The maximum absolute atomic E-state index is 11.7. The summed E-state index contributed by atoms with van der Waals surface area (Å²) in [7, 11) is 0. The third-order valence-electron chi connectivity index (χ3n) is 3.69. The minimum atomic E-state index is -0.332. The lowest BCUT2D eigenvalue weighted by Gasteiger charge is -2.49. The van der Waals surface area contributed by atoms with Crippen LogP contribution in [0.3, 0.4) is 0 Å². The van der Waals surface area contributed by atoms with E-state index in [2.05, 4.69) is 15.5 Å². The van der Waals surface area contributed by atoms with Crippen LogP contribution in [0, 0.1) is 12.3 Å². The molecule has 1 saturated carbocycles. The zero-order valence-corrected chi connectivity index (χ0v) is 10.9. The Morgan fingerprint density at radius 1 is 1.61 bits per heavy atom. The van der Waals surface area contributed by atoms with Crippen LogP contribution in [-0.2, 0) is 11.2 Å². The molecule has 1 aliphatic rings. The van der Waals surface area contributed by atoms with Crippen LogP contribution in [0.5, 0.6) is 0 Å². The van der Waals surface area contributed by atoms with E-state index in [1.807, 2.05) is 13.8 Å². The van der Waals surface area contributed by atoms with Gasteiger partial charge in [0.25, 0.3) is 0 Å². The number of nitrogens with one attached hydrogen (secondary N) is 1. The smallest absolute Gasteiger partial charge is 0.227 e. The van der Waals surface area contributed by atoms with Crippen LogP contribution in [0.15, 0.2) is 4.52 Å². The molecule has 100 valence electrons. The standard InChI is InChI=1S/C12H19N3O3/c1-7-13-11(18-15-7)5-4-10(17)14-8-6-9(16)12(8,2)3/h8-9,16H,4-6H2,1-3H3,(H,14,17). The molecule has 2 N–H and O–H groups in total. The molecule has 0 aromatic carbocycles. The van der Waals surface area contributed by atoms with Gasteiger partial charge in [-0.2, -0.15) is 4.98 Å². The number of aliphatic hydroxyl groups is 1. The molecule has 1 amide bonds. The summed E-state index contributed by atoms with van der Waals surface area (Å²) < 4.78 is 4.94. The summed E-state index contributed by atoms with van der Waals surface area (Å²) >= 11 is 0. The normalized spacial score (nSPS) is 25.6. The molecule has 0 spiro atoms. The molecule has 1 fully saturated rings. The molecule has 0 aliphatic heterocycles. The van der Waals surface area contributed by atoms with Crippen LogP contribution in [0.1, 0.15) is 38.4 Å². The van der Waals surface area contributed by atoms with Gasteiger partial charge in [-0.3, -0.25) is 4.79 Å². The van der Waals surface area contributed by atoms with Crippen LogP contribution in [0.2, 0.25) is 0 Å². The van der Waals surface area contributed by atoms with Gasteiger partial charge in [-0.05, 0) is 13.3 Å². The number of aliphatic hydroxyl groups excluding tert-OH is 1. The first-order valence-corrected chi connectivity index (χ1v) is 6.16. The molecule has 2 unspecified atom stereocenters. The van der Waals surface area contributed by atoms with E-state index in [0.29, 0.717) is 31.0 Å². The van der Waals surface area contributed by atoms with E-state index in [-0.39, 0.29) is 23.5 Å². The predicted octanol–water partition coefficient (Wildman–Crippen LogP) is 0.586. The number of carbonyl (C=O) groups excluding carboxylic acids is 1. The number of aromatic nitrogens is 2. The van der Waals surface area contributed by atoms with Gasteiger partial charge in [-0.1, -0.05) is 19.0 Å². The van der Waals surface area contributed by atoms with Gasteiger partial charge in [-0.25, -0.2) is 0 Å². The van der Waals surface area contributed by atoms with Crippen LogP contribution in [0.4, 0.5) is 0 Å². The minimum Gasteiger partial charge on any atom is -0.392 e. The molecule has 1 aromatic heterocycles. The fourth-order valence-corrected chi connectivity index (χ4v) is 2.08. The predicted molar refractivity (Wildman–Crippen MR) is 63.7 cm³/mol. The van der Waals surface area contributed by atoms with Crippen molar-refractivity contribution >= 4 is 5.91 Å². The van der Waals surface area contributed by atoms with Crippen molar-refractivity contribution in [3.8, 4) is 0 Å². The number of rotatable bonds is 4. The fourth-order valence-electron chi connectivity index (χ4n) is 2.08. The Balaban J connectivity index is 1.76. The van der Waals surface area contributed by atoms with E-state index >= 15 is 0 Å². The first kappa shape index (κ1) is 13.0. The third kappa shape index (κ3) is 2.53. The summed E-state index contributed by atoms with van der Waals surface area (Å²) in [5, 5.41) is 16.2. The number of aryl methyl sites for hydroxylation is 2. The first-order chi connectivity index (χ1) is 8.39. The lowest BCUT2D eigenvalue weighted by Crippen LogP contribution is -2.61. The topological polar surface area (TPSA) is 88.2 Å². The second kappa shape index (κ2) is 4.68. The molecule has 18 heavy (non-hydrogen) atoms. The fraction of sp³-hybridized carbons (Fsp3) is 0.750. The Kier molecular flexibility index (Phi) is 3.38. The largest absolute Gasteiger partial charge is 0.392 e. The molecule has 1 aliphatic carbocycles. The SMILES string of the molecule is Cc1noc(CCC(=O)NC2CC(O)C2(C)C)n1. The van der Waals surface area contributed by atoms with E-state index < -0.39 is 0 Å². The van der Waals surface area contributed by atoms with E-state index in [4.69, 9.17) is 4.52 Å². The molecular formula is C12H19N3O3. The maximum atomic E-state index is 11.7. The average Bonchev–Trinajstić information content (AvgIpc) is 2.72. The highest BCUT2D eigenvalue weighted by molar-refractivity contribution is 5.76. The van der Waals surface area contributed by atoms with Gasteiger partial charge in [0.15, 0.2) is 5.82 Å². The van der Waals surface area contributed by atoms with E-state index in [9.17, 15) is 9.90 Å². The summed E-state index contributed by atoms with van der Waals surface area (Å²) in [6.07, 6.45) is 1.06. The Bertz CT molecular complexity index is 442. The number of nitrogens with zero attached hydrogens (tertiary/aromatic N) is 2. The average molecular weight is 253 g/mol. The first-order valence-electron chi connectivity index (χ1n) is 6.16. The van der Waals surface area contributed by atoms with E-state index in [1.165, 1.54) is 0 Å². The number of amides is 1. The lowest BCUT2D eigenvalue weighted by molar-refractivity contribution is -0.129. The van der Waals surface area contributed by atoms with Crippen molar-refractivity contribution in [2.45, 2.75) is 52.2 Å². The molecule has 0 radical (unpaired) electrons. The maximum Gasteiger partial charge on any atom is 0.227 e. The molecular weight excluding hydrogens is 234 g/mol. The van der Waals surface area contributed by atoms with Crippen molar-refractivity contribution in [2.75, 3.05) is 0 Å². The Morgan fingerprint density at radius 2 is 2.33 bits per heavy atom. The van der Waals surface area contributed by atoms with E-state index in [0.717, 1.165) is 0 Å². The molecule has 0 saturated heterocycles. The molecule has 2 rings (SSSR count). The zero-order valence-electron chi connectivity index (χ0n) is 10.9. The highest BCUT2D eigenvalue weighted by atomic mass is 16.5. The summed E-state index contributed by atoms with van der Waals surface area (Å²) in [5.74, 6) is 1.01. The van der Waals surface area contributed by atoms with Crippen LogP contribution >= 0.6 is 0 Å². The zero-order chi connectivity index (χ0) is 13.3. The second-order valence-corrected chi connectivity index (χ2v) is 5.43. The van der Waals surface area contributed by atoms with Crippen molar-refractivity contribution in [3.63, 3.8) is 0 Å². The quantitative estimate of drug-likeness (QED) is 0.819. The van der Waals surface area contributed by atoms with Crippen molar-refractivity contribution in [3.05, 3.63) is 11.7 Å². The monoisotopic (exact) mass is 253 g/mol. The summed E-state index contributed by atoms with van der Waals surface area (Å²) in [6.45, 7) is 5.65. The van der Waals surface area contributed by atoms with Gasteiger partial charge in [-0.15, -0.1) is 0 Å². The summed E-state index contributed by atoms with van der Waals surface area (Å²) in [5.41, 5.74) is -0.239. The number of carbonyl (C=O) groups is 1. The van der Waals surface area contributed by atoms with Crippen molar-refractivity contribution in [1.29, 1.82) is 0 Å². The van der Waals surface area contributed by atoms with Crippen molar-refractivity contribution in [2.24, 2.45) is 5.41 Å². The molecule has 2 atom stereocenters. The van der Waals surface area contributed by atoms with Crippen LogP contribution in [0.25, 0.3) is 0 Å². The third-order valence-corrected chi connectivity index (χ3v) is 3.69. The molecule has 1 heterocycles.